The molecule has 1 amide bonds. The van der Waals surface area contributed by atoms with Crippen molar-refractivity contribution in [2.24, 2.45) is 5.10 Å². The maximum absolute atomic E-state index is 12.5. The second-order valence-electron chi connectivity index (χ2n) is 11.5. The molecule has 0 spiro atoms. The zero-order valence-electron chi connectivity index (χ0n) is 23.8. The zero-order valence-corrected chi connectivity index (χ0v) is 23.8. The van der Waals surface area contributed by atoms with Crippen molar-refractivity contribution in [3.63, 3.8) is 0 Å². The van der Waals surface area contributed by atoms with Crippen LogP contribution < -0.4 is 14.9 Å². The van der Waals surface area contributed by atoms with Gasteiger partial charge >= 0.3 is 5.97 Å². The first-order valence-electron chi connectivity index (χ1n) is 12.9. The van der Waals surface area contributed by atoms with Crippen LogP contribution in [0.15, 0.2) is 65.8 Å². The molecule has 0 saturated heterocycles. The van der Waals surface area contributed by atoms with Gasteiger partial charge in [-0.25, -0.2) is 10.2 Å². The van der Waals surface area contributed by atoms with E-state index >= 15 is 0 Å². The predicted molar refractivity (Wildman–Crippen MR) is 154 cm³/mol. The van der Waals surface area contributed by atoms with Gasteiger partial charge in [0.2, 0.25) is 5.91 Å². The molecule has 39 heavy (non-hydrogen) atoms. The van der Waals surface area contributed by atoms with E-state index in [4.69, 9.17) is 9.47 Å². The molecule has 0 aliphatic carbocycles. The third-order valence-electron chi connectivity index (χ3n) is 6.23. The molecule has 3 aromatic carbocycles. The Morgan fingerprint density at radius 3 is 2.08 bits per heavy atom. The number of amides is 1. The van der Waals surface area contributed by atoms with E-state index in [1.807, 2.05) is 18.2 Å². The number of rotatable bonds is 8. The largest absolute Gasteiger partial charge is 0.507 e. The van der Waals surface area contributed by atoms with Crippen molar-refractivity contribution in [3.8, 4) is 17.2 Å². The summed E-state index contributed by atoms with van der Waals surface area (Å²) in [7, 11) is 1.49. The number of nitrogens with zero attached hydrogens (tertiary/aromatic N) is 1. The molecule has 0 atom stereocenters. The van der Waals surface area contributed by atoms with Gasteiger partial charge in [-0.05, 0) is 69.8 Å². The Hall–Kier alpha value is -4.13. The summed E-state index contributed by atoms with van der Waals surface area (Å²) in [4.78, 5) is 25.0. The van der Waals surface area contributed by atoms with E-state index in [1.54, 1.807) is 42.5 Å². The minimum Gasteiger partial charge on any atom is -0.507 e. The Morgan fingerprint density at radius 1 is 0.897 bits per heavy atom. The van der Waals surface area contributed by atoms with E-state index in [-0.39, 0.29) is 28.9 Å². The number of aromatic hydroxyl groups is 1. The molecule has 7 heteroatoms. The smallest absolute Gasteiger partial charge is 0.343 e. The zero-order chi connectivity index (χ0) is 28.8. The van der Waals surface area contributed by atoms with Crippen LogP contribution in [-0.2, 0) is 22.0 Å². The minimum absolute atomic E-state index is 0.234. The molecule has 0 aliphatic rings. The highest BCUT2D eigenvalue weighted by molar-refractivity contribution is 5.92. The third kappa shape index (κ3) is 7.93. The van der Waals surface area contributed by atoms with E-state index in [9.17, 15) is 14.7 Å². The number of phenolic OH excluding ortho intramolecular Hbond substituents is 1. The molecule has 0 heterocycles. The Morgan fingerprint density at radius 2 is 1.51 bits per heavy atom. The number of carbonyl (C=O) groups is 2. The molecule has 0 fully saturated rings. The summed E-state index contributed by atoms with van der Waals surface area (Å²) < 4.78 is 10.8. The maximum atomic E-state index is 12.5. The SMILES string of the molecule is COc1ccc(/C=N\NC(=O)CCc2cc(C(C)(C)C)c(O)c(C(C)(C)C)c2)cc1OC(=O)c1ccccc1. The van der Waals surface area contributed by atoms with Crippen molar-refractivity contribution in [2.45, 2.75) is 65.2 Å². The lowest BCUT2D eigenvalue weighted by molar-refractivity contribution is -0.121. The van der Waals surface area contributed by atoms with Gasteiger partial charge in [-0.2, -0.15) is 5.10 Å². The summed E-state index contributed by atoms with van der Waals surface area (Å²) in [6, 6.07) is 17.7. The Labute approximate surface area is 230 Å². The molecule has 0 aromatic heterocycles. The first-order valence-corrected chi connectivity index (χ1v) is 12.9. The van der Waals surface area contributed by atoms with E-state index in [1.165, 1.54) is 13.3 Å². The number of methoxy groups -OCH3 is 1. The average Bonchev–Trinajstić information content (AvgIpc) is 2.87. The lowest BCUT2D eigenvalue weighted by Gasteiger charge is -2.28. The van der Waals surface area contributed by atoms with Crippen molar-refractivity contribution in [3.05, 3.63) is 88.5 Å². The molecule has 3 aromatic rings. The maximum Gasteiger partial charge on any atom is 0.343 e. The number of nitrogens with one attached hydrogen (secondary N) is 1. The summed E-state index contributed by atoms with van der Waals surface area (Å²) in [5.41, 5.74) is 5.85. The standard InChI is InChI=1S/C32H38N2O5/c1-31(2,3)24-17-21(18-25(29(24)36)32(4,5)6)14-16-28(35)34-33-20-22-13-15-26(38-7)27(19-22)39-30(37)23-11-9-8-10-12-23/h8-13,15,17-20,36H,14,16H2,1-7H3,(H,34,35)/b33-20-. The second-order valence-corrected chi connectivity index (χ2v) is 11.5. The molecule has 0 bridgehead atoms. The van der Waals surface area contributed by atoms with E-state index < -0.39 is 5.97 Å². The van der Waals surface area contributed by atoms with Crippen LogP contribution in [0.2, 0.25) is 0 Å². The number of hydrogen-bond donors (Lipinski definition) is 2. The molecule has 0 aliphatic heterocycles. The van der Waals surface area contributed by atoms with Crippen molar-refractivity contribution in [1.29, 1.82) is 0 Å². The Balaban J connectivity index is 1.67. The summed E-state index contributed by atoms with van der Waals surface area (Å²) in [6.45, 7) is 12.4. The van der Waals surface area contributed by atoms with E-state index in [0.29, 0.717) is 29.0 Å². The van der Waals surface area contributed by atoms with Crippen molar-refractivity contribution in [1.82, 2.24) is 5.43 Å². The quantitative estimate of drug-likeness (QED) is 0.154. The molecule has 206 valence electrons. The van der Waals surface area contributed by atoms with Gasteiger partial charge in [0.1, 0.15) is 5.75 Å². The summed E-state index contributed by atoms with van der Waals surface area (Å²) in [5.74, 6) is 0.228. The fourth-order valence-electron chi connectivity index (χ4n) is 4.06. The van der Waals surface area contributed by atoms with Gasteiger partial charge in [-0.15, -0.1) is 0 Å². The van der Waals surface area contributed by atoms with Gasteiger partial charge < -0.3 is 14.6 Å². The number of carbonyl (C=O) groups excluding carboxylic acids is 2. The summed E-state index contributed by atoms with van der Waals surface area (Å²) in [6.07, 6.45) is 2.22. The Kier molecular flexibility index (Phi) is 9.17. The van der Waals surface area contributed by atoms with Gasteiger partial charge in [-0.3, -0.25) is 4.79 Å². The van der Waals surface area contributed by atoms with Crippen LogP contribution in [0.5, 0.6) is 17.2 Å². The number of aryl methyl sites for hydroxylation is 1. The number of hydrazone groups is 1. The van der Waals surface area contributed by atoms with Gasteiger partial charge in [0.15, 0.2) is 11.5 Å². The van der Waals surface area contributed by atoms with E-state index in [2.05, 4.69) is 52.1 Å². The molecule has 7 nitrogen and oxygen atoms in total. The molecule has 0 saturated carbocycles. The monoisotopic (exact) mass is 530 g/mol. The fourth-order valence-corrected chi connectivity index (χ4v) is 4.06. The number of phenols is 1. The molecular formula is C32H38N2O5. The molecule has 0 radical (unpaired) electrons. The first kappa shape index (κ1) is 29.4. The van der Waals surface area contributed by atoms with Crippen LogP contribution in [0.3, 0.4) is 0 Å². The molecular weight excluding hydrogens is 492 g/mol. The lowest BCUT2D eigenvalue weighted by atomic mass is 9.78. The van der Waals surface area contributed by atoms with Gasteiger partial charge in [0.05, 0.1) is 18.9 Å². The van der Waals surface area contributed by atoms with Gasteiger partial charge in [0, 0.05) is 6.42 Å². The highest BCUT2D eigenvalue weighted by Crippen LogP contribution is 2.40. The van der Waals surface area contributed by atoms with Crippen molar-refractivity contribution >= 4 is 18.1 Å². The first-order chi connectivity index (χ1) is 18.3. The highest BCUT2D eigenvalue weighted by Gasteiger charge is 2.26. The van der Waals surface area contributed by atoms with Crippen LogP contribution >= 0.6 is 0 Å². The number of ether oxygens (including phenoxy) is 2. The fraction of sp³-hybridized carbons (Fsp3) is 0.344. The third-order valence-corrected chi connectivity index (χ3v) is 6.23. The number of hydrogen-bond acceptors (Lipinski definition) is 6. The topological polar surface area (TPSA) is 97.2 Å². The number of benzene rings is 3. The van der Waals surface area contributed by atoms with Crippen LogP contribution in [-0.4, -0.2) is 30.3 Å². The molecule has 2 N–H and O–H groups in total. The molecule has 3 rings (SSSR count). The summed E-state index contributed by atoms with van der Waals surface area (Å²) in [5, 5.41) is 15.0. The predicted octanol–water partition coefficient (Wildman–Crippen LogP) is 6.30. The van der Waals surface area contributed by atoms with Crippen LogP contribution in [0.25, 0.3) is 0 Å². The normalized spacial score (nSPS) is 11.9. The van der Waals surface area contributed by atoms with E-state index in [0.717, 1.165) is 16.7 Å². The van der Waals surface area contributed by atoms with Crippen molar-refractivity contribution < 1.29 is 24.2 Å². The Bertz CT molecular complexity index is 1310. The average molecular weight is 531 g/mol. The highest BCUT2D eigenvalue weighted by atomic mass is 16.6. The van der Waals surface area contributed by atoms with Gasteiger partial charge in [0.25, 0.3) is 0 Å². The minimum atomic E-state index is -0.505. The van der Waals surface area contributed by atoms with Crippen LogP contribution in [0, 0.1) is 0 Å². The molecule has 0 unspecified atom stereocenters. The van der Waals surface area contributed by atoms with Crippen LogP contribution in [0.1, 0.15) is 80.6 Å². The van der Waals surface area contributed by atoms with Gasteiger partial charge in [-0.1, -0.05) is 71.9 Å². The van der Waals surface area contributed by atoms with Crippen LogP contribution in [0.4, 0.5) is 0 Å². The second kappa shape index (κ2) is 12.2. The number of esters is 1. The van der Waals surface area contributed by atoms with Crippen molar-refractivity contribution in [2.75, 3.05) is 7.11 Å². The summed E-state index contributed by atoms with van der Waals surface area (Å²) >= 11 is 0. The lowest BCUT2D eigenvalue weighted by Crippen LogP contribution is -2.20.